The number of hydrogen-bond acceptors (Lipinski definition) is 1. The van der Waals surface area contributed by atoms with Gasteiger partial charge in [-0.05, 0) is 31.2 Å². The van der Waals surface area contributed by atoms with Gasteiger partial charge in [-0.25, -0.2) is 4.39 Å². The molecule has 0 aromatic heterocycles. The summed E-state index contributed by atoms with van der Waals surface area (Å²) in [5.74, 6) is -0.935. The summed E-state index contributed by atoms with van der Waals surface area (Å²) in [4.78, 5) is 0. The highest BCUT2D eigenvalue weighted by atomic mass is 19.4. The fourth-order valence-corrected chi connectivity index (χ4v) is 1.67. The Labute approximate surface area is 107 Å². The minimum Gasteiger partial charge on any atom is -0.353 e. The van der Waals surface area contributed by atoms with E-state index in [1.807, 2.05) is 6.92 Å². The summed E-state index contributed by atoms with van der Waals surface area (Å²) in [5, 5.41) is 2.48. The maximum absolute atomic E-state index is 13.6. The number of benzene rings is 2. The highest BCUT2D eigenvalue weighted by Crippen LogP contribution is 2.37. The molecule has 0 unspecified atom stereocenters. The Morgan fingerprint density at radius 3 is 2.16 bits per heavy atom. The zero-order valence-electron chi connectivity index (χ0n) is 10.1. The quantitative estimate of drug-likeness (QED) is 0.765. The van der Waals surface area contributed by atoms with Gasteiger partial charge in [0.2, 0.25) is 0 Å². The summed E-state index contributed by atoms with van der Waals surface area (Å²) in [7, 11) is 0. The van der Waals surface area contributed by atoms with Gasteiger partial charge in [0, 0.05) is 5.69 Å². The van der Waals surface area contributed by atoms with Gasteiger partial charge in [0.25, 0.3) is 0 Å². The first-order chi connectivity index (χ1) is 8.88. The van der Waals surface area contributed by atoms with E-state index in [2.05, 4.69) is 5.32 Å². The second-order valence-electron chi connectivity index (χ2n) is 4.15. The Balaban J connectivity index is 2.42. The van der Waals surface area contributed by atoms with Crippen LogP contribution < -0.4 is 5.32 Å². The Hall–Kier alpha value is -2.04. The number of rotatable bonds is 2. The standard InChI is InChI=1S/C14H11F4N/c1-9-5-7-10(8-6-9)19-13-11(14(16,17)18)3-2-4-12(13)15/h2-8,19H,1H3. The van der Waals surface area contributed by atoms with E-state index in [0.29, 0.717) is 5.69 Å². The minimum absolute atomic E-state index is 0.404. The Kier molecular flexibility index (Phi) is 3.46. The average Bonchev–Trinajstić information content (AvgIpc) is 2.33. The molecule has 0 saturated heterocycles. The lowest BCUT2D eigenvalue weighted by molar-refractivity contribution is -0.137. The van der Waals surface area contributed by atoms with Gasteiger partial charge in [-0.1, -0.05) is 23.8 Å². The van der Waals surface area contributed by atoms with E-state index in [4.69, 9.17) is 0 Å². The molecule has 0 fully saturated rings. The third-order valence-electron chi connectivity index (χ3n) is 2.64. The Morgan fingerprint density at radius 2 is 1.58 bits per heavy atom. The first kappa shape index (κ1) is 13.4. The molecule has 2 aromatic rings. The fraction of sp³-hybridized carbons (Fsp3) is 0.143. The van der Waals surface area contributed by atoms with Crippen LogP contribution in [-0.4, -0.2) is 0 Å². The van der Waals surface area contributed by atoms with Gasteiger partial charge >= 0.3 is 6.18 Å². The predicted octanol–water partition coefficient (Wildman–Crippen LogP) is 4.90. The molecule has 2 rings (SSSR count). The number of hydrogen-bond donors (Lipinski definition) is 1. The van der Waals surface area contributed by atoms with Crippen LogP contribution in [0.2, 0.25) is 0 Å². The molecule has 1 nitrogen and oxygen atoms in total. The Morgan fingerprint density at radius 1 is 0.947 bits per heavy atom. The molecule has 0 atom stereocenters. The molecule has 0 bridgehead atoms. The fourth-order valence-electron chi connectivity index (χ4n) is 1.67. The van der Waals surface area contributed by atoms with Crippen molar-refractivity contribution >= 4 is 11.4 Å². The van der Waals surface area contributed by atoms with Crippen molar-refractivity contribution in [1.82, 2.24) is 0 Å². The van der Waals surface area contributed by atoms with Crippen molar-refractivity contribution in [2.24, 2.45) is 0 Å². The summed E-state index contributed by atoms with van der Waals surface area (Å²) < 4.78 is 51.9. The monoisotopic (exact) mass is 269 g/mol. The highest BCUT2D eigenvalue weighted by Gasteiger charge is 2.34. The van der Waals surface area contributed by atoms with Crippen molar-refractivity contribution in [3.05, 3.63) is 59.4 Å². The van der Waals surface area contributed by atoms with Gasteiger partial charge in [-0.3, -0.25) is 0 Å². The van der Waals surface area contributed by atoms with E-state index >= 15 is 0 Å². The van der Waals surface area contributed by atoms with Crippen molar-refractivity contribution in [2.75, 3.05) is 5.32 Å². The first-order valence-corrected chi connectivity index (χ1v) is 5.57. The normalized spacial score (nSPS) is 11.4. The van der Waals surface area contributed by atoms with Crippen molar-refractivity contribution in [3.8, 4) is 0 Å². The van der Waals surface area contributed by atoms with Crippen LogP contribution in [-0.2, 0) is 6.18 Å². The number of anilines is 2. The van der Waals surface area contributed by atoms with Crippen LogP contribution in [0.1, 0.15) is 11.1 Å². The molecule has 0 spiro atoms. The van der Waals surface area contributed by atoms with Crippen molar-refractivity contribution in [1.29, 1.82) is 0 Å². The molecule has 5 heteroatoms. The van der Waals surface area contributed by atoms with E-state index < -0.39 is 23.2 Å². The second-order valence-corrected chi connectivity index (χ2v) is 4.15. The van der Waals surface area contributed by atoms with Crippen LogP contribution in [0.5, 0.6) is 0 Å². The third kappa shape index (κ3) is 3.05. The maximum Gasteiger partial charge on any atom is 0.418 e. The van der Waals surface area contributed by atoms with Crippen LogP contribution in [0.4, 0.5) is 28.9 Å². The molecule has 0 radical (unpaired) electrons. The largest absolute Gasteiger partial charge is 0.418 e. The van der Waals surface area contributed by atoms with Gasteiger partial charge in [-0.15, -0.1) is 0 Å². The molecule has 19 heavy (non-hydrogen) atoms. The number of halogens is 4. The number of nitrogens with one attached hydrogen (secondary N) is 1. The number of alkyl halides is 3. The molecule has 0 aliphatic rings. The van der Waals surface area contributed by atoms with Crippen LogP contribution in [0.3, 0.4) is 0 Å². The minimum atomic E-state index is -4.60. The van der Waals surface area contributed by atoms with Crippen LogP contribution in [0, 0.1) is 12.7 Å². The zero-order valence-corrected chi connectivity index (χ0v) is 10.1. The maximum atomic E-state index is 13.6. The zero-order chi connectivity index (χ0) is 14.0. The molecule has 0 saturated carbocycles. The molecular weight excluding hydrogens is 258 g/mol. The molecule has 0 heterocycles. The second kappa shape index (κ2) is 4.91. The van der Waals surface area contributed by atoms with Crippen molar-refractivity contribution < 1.29 is 17.6 Å². The van der Waals surface area contributed by atoms with E-state index in [1.165, 1.54) is 0 Å². The van der Waals surface area contributed by atoms with Gasteiger partial charge in [0.1, 0.15) is 5.82 Å². The first-order valence-electron chi connectivity index (χ1n) is 5.57. The molecule has 100 valence electrons. The smallest absolute Gasteiger partial charge is 0.353 e. The summed E-state index contributed by atoms with van der Waals surface area (Å²) in [6, 6.07) is 9.54. The van der Waals surface area contributed by atoms with E-state index in [9.17, 15) is 17.6 Å². The summed E-state index contributed by atoms with van der Waals surface area (Å²) in [6.45, 7) is 1.86. The summed E-state index contributed by atoms with van der Waals surface area (Å²) in [5.41, 5.74) is -0.205. The van der Waals surface area contributed by atoms with E-state index in [1.54, 1.807) is 24.3 Å². The lowest BCUT2D eigenvalue weighted by atomic mass is 10.1. The predicted molar refractivity (Wildman–Crippen MR) is 65.9 cm³/mol. The van der Waals surface area contributed by atoms with E-state index in [-0.39, 0.29) is 0 Å². The van der Waals surface area contributed by atoms with Crippen molar-refractivity contribution in [2.45, 2.75) is 13.1 Å². The van der Waals surface area contributed by atoms with Gasteiger partial charge in [-0.2, -0.15) is 13.2 Å². The molecule has 2 aromatic carbocycles. The topological polar surface area (TPSA) is 12.0 Å². The molecule has 0 amide bonds. The average molecular weight is 269 g/mol. The number of para-hydroxylation sites is 1. The number of aryl methyl sites for hydroxylation is 1. The lowest BCUT2D eigenvalue weighted by Gasteiger charge is -2.15. The summed E-state index contributed by atoms with van der Waals surface area (Å²) >= 11 is 0. The molecule has 1 N–H and O–H groups in total. The van der Waals surface area contributed by atoms with Crippen LogP contribution in [0.15, 0.2) is 42.5 Å². The van der Waals surface area contributed by atoms with Crippen molar-refractivity contribution in [3.63, 3.8) is 0 Å². The highest BCUT2D eigenvalue weighted by molar-refractivity contribution is 5.64. The summed E-state index contributed by atoms with van der Waals surface area (Å²) in [6.07, 6.45) is -4.60. The SMILES string of the molecule is Cc1ccc(Nc2c(F)cccc2C(F)(F)F)cc1. The van der Waals surface area contributed by atoms with Crippen LogP contribution >= 0.6 is 0 Å². The van der Waals surface area contributed by atoms with Gasteiger partial charge in [0.05, 0.1) is 11.3 Å². The molecular formula is C14H11F4N. The Bertz CT molecular complexity index is 573. The van der Waals surface area contributed by atoms with E-state index in [0.717, 1.165) is 23.8 Å². The lowest BCUT2D eigenvalue weighted by Crippen LogP contribution is -2.10. The third-order valence-corrected chi connectivity index (χ3v) is 2.64. The van der Waals surface area contributed by atoms with Gasteiger partial charge < -0.3 is 5.32 Å². The van der Waals surface area contributed by atoms with Crippen LogP contribution in [0.25, 0.3) is 0 Å². The van der Waals surface area contributed by atoms with Gasteiger partial charge in [0.15, 0.2) is 0 Å². The molecule has 0 aliphatic carbocycles. The molecule has 0 aliphatic heterocycles.